The Bertz CT molecular complexity index is 869. The van der Waals surface area contributed by atoms with Gasteiger partial charge in [-0.25, -0.2) is 0 Å². The second-order valence-electron chi connectivity index (χ2n) is 7.01. The van der Waals surface area contributed by atoms with Gasteiger partial charge in [-0.3, -0.25) is 4.79 Å². The first kappa shape index (κ1) is 21.9. The van der Waals surface area contributed by atoms with Gasteiger partial charge in [0.05, 0.1) is 17.2 Å². The second kappa shape index (κ2) is 8.17. The second-order valence-corrected chi connectivity index (χ2v) is 7.01. The molecule has 1 aliphatic heterocycles. The molecule has 0 bridgehead atoms. The molecule has 30 heavy (non-hydrogen) atoms. The Morgan fingerprint density at radius 2 is 1.40 bits per heavy atom. The number of carbonyl (C=O) groups excluding carboxylic acids is 1. The summed E-state index contributed by atoms with van der Waals surface area (Å²) in [6, 6.07) is 7.13. The molecule has 1 amide bonds. The molecular formula is C20H18F6N2O2. The summed E-state index contributed by atoms with van der Waals surface area (Å²) in [6.45, 7) is 1.30. The topological polar surface area (TPSA) is 52.6 Å². The normalized spacial score (nSPS) is 15.9. The third-order valence-electron chi connectivity index (χ3n) is 4.80. The third-order valence-corrected chi connectivity index (χ3v) is 4.80. The smallest absolute Gasteiger partial charge is 0.393 e. The van der Waals surface area contributed by atoms with Crippen LogP contribution in [0.3, 0.4) is 0 Å². The summed E-state index contributed by atoms with van der Waals surface area (Å²) < 4.78 is 77.7. The van der Waals surface area contributed by atoms with Crippen LogP contribution in [0.5, 0.6) is 0 Å². The van der Waals surface area contributed by atoms with E-state index in [0.29, 0.717) is 38.1 Å². The molecule has 0 radical (unpaired) electrons. The van der Waals surface area contributed by atoms with Crippen LogP contribution < -0.4 is 10.2 Å². The van der Waals surface area contributed by atoms with Gasteiger partial charge in [0.2, 0.25) is 0 Å². The van der Waals surface area contributed by atoms with Gasteiger partial charge >= 0.3 is 12.4 Å². The van der Waals surface area contributed by atoms with Crippen molar-refractivity contribution in [1.29, 1.82) is 0 Å². The van der Waals surface area contributed by atoms with Gasteiger partial charge in [0, 0.05) is 30.0 Å². The number of carbonyl (C=O) groups is 1. The molecule has 0 aromatic heterocycles. The quantitative estimate of drug-likeness (QED) is 0.676. The van der Waals surface area contributed by atoms with Gasteiger partial charge in [0.25, 0.3) is 5.91 Å². The van der Waals surface area contributed by atoms with Crippen molar-refractivity contribution >= 4 is 17.3 Å². The number of aliphatic hydroxyl groups excluding tert-OH is 1. The van der Waals surface area contributed by atoms with E-state index in [9.17, 15) is 36.2 Å². The molecule has 4 nitrogen and oxygen atoms in total. The molecule has 0 atom stereocenters. The molecule has 0 aliphatic carbocycles. The van der Waals surface area contributed by atoms with E-state index >= 15 is 0 Å². The summed E-state index contributed by atoms with van der Waals surface area (Å²) in [5.41, 5.74) is -2.79. The van der Waals surface area contributed by atoms with E-state index in [1.807, 2.05) is 4.90 Å². The number of halogens is 6. The number of aliphatic hydroxyl groups is 1. The fourth-order valence-electron chi connectivity index (χ4n) is 3.17. The highest BCUT2D eigenvalue weighted by Gasteiger charge is 2.37. The van der Waals surface area contributed by atoms with E-state index in [-0.39, 0.29) is 17.9 Å². The highest BCUT2D eigenvalue weighted by atomic mass is 19.4. The summed E-state index contributed by atoms with van der Waals surface area (Å²) >= 11 is 0. The first-order valence-electron chi connectivity index (χ1n) is 9.07. The molecule has 0 spiro atoms. The van der Waals surface area contributed by atoms with Gasteiger partial charge < -0.3 is 15.3 Å². The van der Waals surface area contributed by atoms with Crippen molar-refractivity contribution in [3.05, 3.63) is 59.2 Å². The molecular weight excluding hydrogens is 414 g/mol. The van der Waals surface area contributed by atoms with Crippen LogP contribution in [0, 0.1) is 0 Å². The lowest BCUT2D eigenvalue weighted by molar-refractivity contribution is -0.143. The predicted octanol–water partition coefficient (Wildman–Crippen LogP) is 4.94. The van der Waals surface area contributed by atoms with Gasteiger partial charge in [0.15, 0.2) is 0 Å². The number of piperidine rings is 1. The number of hydrogen-bond donors (Lipinski definition) is 2. The molecule has 3 rings (SSSR count). The van der Waals surface area contributed by atoms with E-state index in [4.69, 9.17) is 0 Å². The third kappa shape index (κ3) is 5.24. The minimum atomic E-state index is -5.03. The van der Waals surface area contributed by atoms with E-state index in [1.54, 1.807) is 12.1 Å². The van der Waals surface area contributed by atoms with E-state index < -0.39 is 35.0 Å². The van der Waals surface area contributed by atoms with Crippen LogP contribution >= 0.6 is 0 Å². The average Bonchev–Trinajstić information content (AvgIpc) is 2.67. The standard InChI is InChI=1S/C20H18F6N2O2/c21-19(22,23)13-9-12(10-14(11-13)20(24,25)26)18(30)27-15-1-3-16(4-2-15)28-7-5-17(29)6-8-28/h1-4,9-11,17,29H,5-8H2,(H,27,30). The van der Waals surface area contributed by atoms with Crippen LogP contribution in [0.4, 0.5) is 37.7 Å². The number of nitrogens with one attached hydrogen (secondary N) is 1. The number of benzene rings is 2. The van der Waals surface area contributed by atoms with Gasteiger partial charge in [-0.1, -0.05) is 0 Å². The largest absolute Gasteiger partial charge is 0.416 e. The minimum Gasteiger partial charge on any atom is -0.393 e. The highest BCUT2D eigenvalue weighted by Crippen LogP contribution is 2.36. The number of alkyl halides is 6. The fraction of sp³-hybridized carbons (Fsp3) is 0.350. The van der Waals surface area contributed by atoms with Gasteiger partial charge in [-0.05, 0) is 55.3 Å². The summed E-state index contributed by atoms with van der Waals surface area (Å²) in [5.74, 6) is -1.08. The van der Waals surface area contributed by atoms with Crippen LogP contribution in [0.25, 0.3) is 0 Å². The van der Waals surface area contributed by atoms with Crippen molar-refractivity contribution in [2.24, 2.45) is 0 Å². The van der Waals surface area contributed by atoms with Crippen LogP contribution in [0.2, 0.25) is 0 Å². The van der Waals surface area contributed by atoms with Gasteiger partial charge in [0.1, 0.15) is 0 Å². The predicted molar refractivity (Wildman–Crippen MR) is 98.3 cm³/mol. The molecule has 162 valence electrons. The van der Waals surface area contributed by atoms with Crippen LogP contribution in [-0.4, -0.2) is 30.2 Å². The lowest BCUT2D eigenvalue weighted by Crippen LogP contribution is -2.35. The molecule has 2 aromatic rings. The fourth-order valence-corrected chi connectivity index (χ4v) is 3.17. The van der Waals surface area contributed by atoms with Gasteiger partial charge in [-0.15, -0.1) is 0 Å². The zero-order valence-electron chi connectivity index (χ0n) is 15.5. The Kier molecular flexibility index (Phi) is 5.98. The first-order valence-corrected chi connectivity index (χ1v) is 9.07. The van der Waals surface area contributed by atoms with Crippen molar-refractivity contribution in [1.82, 2.24) is 0 Å². The highest BCUT2D eigenvalue weighted by molar-refractivity contribution is 6.04. The van der Waals surface area contributed by atoms with Crippen molar-refractivity contribution in [2.45, 2.75) is 31.3 Å². The number of amides is 1. The van der Waals surface area contributed by atoms with Crippen LogP contribution in [0.1, 0.15) is 34.3 Å². The monoisotopic (exact) mass is 432 g/mol. The summed E-state index contributed by atoms with van der Waals surface area (Å²) in [5, 5.41) is 11.9. The summed E-state index contributed by atoms with van der Waals surface area (Å²) in [6.07, 6.45) is -9.15. The molecule has 2 aromatic carbocycles. The Labute approximate surface area is 168 Å². The molecule has 1 aliphatic rings. The lowest BCUT2D eigenvalue weighted by Gasteiger charge is -2.31. The zero-order chi connectivity index (χ0) is 22.1. The number of hydrogen-bond acceptors (Lipinski definition) is 3. The van der Waals surface area contributed by atoms with E-state index in [1.165, 1.54) is 12.1 Å². The molecule has 1 fully saturated rings. The van der Waals surface area contributed by atoms with Crippen molar-refractivity contribution in [3.8, 4) is 0 Å². The summed E-state index contributed by atoms with van der Waals surface area (Å²) in [7, 11) is 0. The Morgan fingerprint density at radius 1 is 0.900 bits per heavy atom. The number of nitrogens with zero attached hydrogens (tertiary/aromatic N) is 1. The first-order chi connectivity index (χ1) is 13.9. The van der Waals surface area contributed by atoms with E-state index in [2.05, 4.69) is 5.32 Å². The van der Waals surface area contributed by atoms with Crippen molar-refractivity contribution < 1.29 is 36.2 Å². The van der Waals surface area contributed by atoms with E-state index in [0.717, 1.165) is 5.69 Å². The molecule has 10 heteroatoms. The summed E-state index contributed by atoms with van der Waals surface area (Å²) in [4.78, 5) is 14.3. The van der Waals surface area contributed by atoms with Crippen molar-refractivity contribution in [3.63, 3.8) is 0 Å². The Morgan fingerprint density at radius 3 is 1.87 bits per heavy atom. The Balaban J connectivity index is 1.78. The number of anilines is 2. The van der Waals surface area contributed by atoms with Crippen LogP contribution in [-0.2, 0) is 12.4 Å². The maximum Gasteiger partial charge on any atom is 0.416 e. The minimum absolute atomic E-state index is 0.0267. The molecule has 1 saturated heterocycles. The molecule has 0 unspecified atom stereocenters. The Hall–Kier alpha value is -2.75. The average molecular weight is 432 g/mol. The molecule has 1 heterocycles. The SMILES string of the molecule is O=C(Nc1ccc(N2CCC(O)CC2)cc1)c1cc(C(F)(F)F)cc(C(F)(F)F)c1. The molecule has 2 N–H and O–H groups in total. The van der Waals surface area contributed by atoms with Crippen LogP contribution in [0.15, 0.2) is 42.5 Å². The zero-order valence-corrected chi connectivity index (χ0v) is 15.5. The molecule has 0 saturated carbocycles. The van der Waals surface area contributed by atoms with Crippen molar-refractivity contribution in [2.75, 3.05) is 23.3 Å². The maximum absolute atomic E-state index is 13.0. The lowest BCUT2D eigenvalue weighted by atomic mass is 10.0. The number of rotatable bonds is 3. The maximum atomic E-state index is 13.0. The van der Waals surface area contributed by atoms with Gasteiger partial charge in [-0.2, -0.15) is 26.3 Å².